The predicted octanol–water partition coefficient (Wildman–Crippen LogP) is 2.16. The first kappa shape index (κ1) is 23.9. The fraction of sp³-hybridized carbons (Fsp3) is 0.545. The number of rotatable bonds is 7. The highest BCUT2D eigenvalue weighted by atomic mass is 32.2. The minimum Gasteiger partial charge on any atom is -0.376 e. The molecular formula is C22H29N5O4S2. The van der Waals surface area contributed by atoms with E-state index in [1.807, 2.05) is 23.3 Å². The maximum absolute atomic E-state index is 12.9. The topological polar surface area (TPSA) is 108 Å². The van der Waals surface area contributed by atoms with Crippen LogP contribution in [-0.4, -0.2) is 73.5 Å². The fourth-order valence-corrected chi connectivity index (χ4v) is 6.96. The Morgan fingerprint density at radius 3 is 2.67 bits per heavy atom. The summed E-state index contributed by atoms with van der Waals surface area (Å²) in [6.45, 7) is 6.94. The monoisotopic (exact) mass is 491 g/mol. The molecule has 2 aliphatic rings. The van der Waals surface area contributed by atoms with Crippen LogP contribution in [0.3, 0.4) is 0 Å². The zero-order valence-electron chi connectivity index (χ0n) is 18.9. The lowest BCUT2D eigenvalue weighted by Crippen LogP contribution is -2.50. The molecule has 2 aromatic heterocycles. The number of piperazine rings is 1. The van der Waals surface area contributed by atoms with Crippen LogP contribution < -0.4 is 5.32 Å². The summed E-state index contributed by atoms with van der Waals surface area (Å²) in [6.07, 6.45) is 2.06. The van der Waals surface area contributed by atoms with Crippen LogP contribution in [0.25, 0.3) is 0 Å². The number of ether oxygens (including phenoxy) is 1. The van der Waals surface area contributed by atoms with Gasteiger partial charge in [0, 0.05) is 38.5 Å². The molecule has 4 rings (SSSR count). The highest BCUT2D eigenvalue weighted by Gasteiger charge is 2.30. The molecule has 1 atom stereocenters. The summed E-state index contributed by atoms with van der Waals surface area (Å²) >= 11 is 1.21. The van der Waals surface area contributed by atoms with Crippen LogP contribution in [0.1, 0.15) is 29.7 Å². The van der Waals surface area contributed by atoms with Gasteiger partial charge in [-0.2, -0.15) is 9.57 Å². The van der Waals surface area contributed by atoms with E-state index in [1.54, 1.807) is 17.5 Å². The number of amides is 1. The van der Waals surface area contributed by atoms with Gasteiger partial charge in [0.1, 0.15) is 16.1 Å². The fourth-order valence-electron chi connectivity index (χ4n) is 4.39. The second-order valence-corrected chi connectivity index (χ2v) is 11.6. The van der Waals surface area contributed by atoms with Gasteiger partial charge in [0.05, 0.1) is 24.8 Å². The van der Waals surface area contributed by atoms with E-state index in [2.05, 4.69) is 11.4 Å². The minimum absolute atomic E-state index is 0.0797. The van der Waals surface area contributed by atoms with Gasteiger partial charge in [-0.05, 0) is 43.7 Å². The summed E-state index contributed by atoms with van der Waals surface area (Å²) < 4.78 is 35.0. The summed E-state index contributed by atoms with van der Waals surface area (Å²) in [5.74, 6) is 0.305. The van der Waals surface area contributed by atoms with Crippen molar-refractivity contribution in [1.82, 2.24) is 13.8 Å². The molecular weight excluding hydrogens is 462 g/mol. The molecule has 1 unspecified atom stereocenters. The molecule has 2 aliphatic heterocycles. The largest absolute Gasteiger partial charge is 0.376 e. The number of carbonyl (C=O) groups is 1. The summed E-state index contributed by atoms with van der Waals surface area (Å²) in [5, 5.41) is 14.4. The second-order valence-electron chi connectivity index (χ2n) is 8.45. The van der Waals surface area contributed by atoms with Crippen LogP contribution in [0.4, 0.5) is 5.82 Å². The lowest BCUT2D eigenvalue weighted by atomic mass is 10.2. The number of hydrogen-bond acceptors (Lipinski definition) is 7. The zero-order valence-corrected chi connectivity index (χ0v) is 20.5. The number of nitrogens with one attached hydrogen (secondary N) is 1. The van der Waals surface area contributed by atoms with E-state index in [-0.39, 0.29) is 18.6 Å². The first-order valence-corrected chi connectivity index (χ1v) is 13.4. The Hall–Kier alpha value is -2.23. The molecule has 33 heavy (non-hydrogen) atoms. The molecule has 1 amide bonds. The van der Waals surface area contributed by atoms with Gasteiger partial charge in [0.2, 0.25) is 5.91 Å². The lowest BCUT2D eigenvalue weighted by Gasteiger charge is -2.33. The van der Waals surface area contributed by atoms with Crippen molar-refractivity contribution in [3.8, 4) is 6.07 Å². The molecule has 0 spiro atoms. The van der Waals surface area contributed by atoms with Crippen molar-refractivity contribution >= 4 is 33.1 Å². The van der Waals surface area contributed by atoms with Crippen LogP contribution in [0, 0.1) is 25.2 Å². The first-order chi connectivity index (χ1) is 15.8. The molecule has 9 nitrogen and oxygen atoms in total. The summed E-state index contributed by atoms with van der Waals surface area (Å²) in [7, 11) is -3.47. The van der Waals surface area contributed by atoms with Gasteiger partial charge in [0.25, 0.3) is 10.0 Å². The average Bonchev–Trinajstić information content (AvgIpc) is 3.54. The van der Waals surface area contributed by atoms with Crippen molar-refractivity contribution < 1.29 is 17.9 Å². The van der Waals surface area contributed by atoms with Crippen molar-refractivity contribution in [1.29, 1.82) is 5.26 Å². The molecule has 11 heteroatoms. The van der Waals surface area contributed by atoms with Gasteiger partial charge in [-0.25, -0.2) is 8.42 Å². The number of anilines is 1. The first-order valence-electron chi connectivity index (χ1n) is 11.1. The molecule has 0 radical (unpaired) electrons. The number of nitrogens with zero attached hydrogens (tertiary/aromatic N) is 4. The second kappa shape index (κ2) is 9.95. The maximum Gasteiger partial charge on any atom is 0.252 e. The highest BCUT2D eigenvalue weighted by molar-refractivity contribution is 7.91. The molecule has 2 fully saturated rings. The van der Waals surface area contributed by atoms with E-state index >= 15 is 0 Å². The van der Waals surface area contributed by atoms with Gasteiger partial charge < -0.3 is 14.6 Å². The summed E-state index contributed by atoms with van der Waals surface area (Å²) in [6, 6.07) is 5.57. The number of hydrogen-bond donors (Lipinski definition) is 1. The zero-order chi connectivity index (χ0) is 23.6. The van der Waals surface area contributed by atoms with Crippen molar-refractivity contribution in [2.45, 2.75) is 43.5 Å². The molecule has 0 aromatic carbocycles. The van der Waals surface area contributed by atoms with Gasteiger partial charge in [-0.3, -0.25) is 9.69 Å². The van der Waals surface area contributed by atoms with E-state index in [9.17, 15) is 18.5 Å². The molecule has 1 N–H and O–H groups in total. The molecule has 0 aliphatic carbocycles. The van der Waals surface area contributed by atoms with Crippen LogP contribution in [0.5, 0.6) is 0 Å². The Balaban J connectivity index is 1.39. The number of nitriles is 1. The predicted molar refractivity (Wildman–Crippen MR) is 126 cm³/mol. The molecule has 0 bridgehead atoms. The summed E-state index contributed by atoms with van der Waals surface area (Å²) in [4.78, 5) is 14.8. The van der Waals surface area contributed by atoms with Crippen LogP contribution >= 0.6 is 11.3 Å². The molecule has 2 aromatic rings. The highest BCUT2D eigenvalue weighted by Crippen LogP contribution is 2.28. The Kier molecular flexibility index (Phi) is 7.21. The van der Waals surface area contributed by atoms with Gasteiger partial charge in [0.15, 0.2) is 0 Å². The maximum atomic E-state index is 12.9. The van der Waals surface area contributed by atoms with Crippen LogP contribution in [-0.2, 0) is 26.1 Å². The standard InChI is InChI=1S/C22H29N5O4S2/c1-16-17(2)27(14-18-5-3-11-31-18)22(19(16)13-23)24-20(28)15-25-7-9-26(10-8-25)33(29,30)21-6-4-12-32-21/h4,6,12,18H,3,5,7-11,14-15H2,1-2H3,(H,24,28). The van der Waals surface area contributed by atoms with E-state index in [4.69, 9.17) is 4.74 Å². The quantitative estimate of drug-likeness (QED) is 0.636. The van der Waals surface area contributed by atoms with Crippen molar-refractivity contribution in [3.63, 3.8) is 0 Å². The lowest BCUT2D eigenvalue weighted by molar-refractivity contribution is -0.117. The molecule has 178 valence electrons. The Labute approximate surface area is 198 Å². The SMILES string of the molecule is Cc1c(C#N)c(NC(=O)CN2CCN(S(=O)(=O)c3cccs3)CC2)n(CC2CCCO2)c1C. The third-order valence-electron chi connectivity index (χ3n) is 6.40. The van der Waals surface area contributed by atoms with Gasteiger partial charge in [-0.15, -0.1) is 11.3 Å². The van der Waals surface area contributed by atoms with Gasteiger partial charge >= 0.3 is 0 Å². The number of carbonyl (C=O) groups excluding carboxylic acids is 1. The van der Waals surface area contributed by atoms with Crippen molar-refractivity contribution in [3.05, 3.63) is 34.3 Å². The number of sulfonamides is 1. The summed E-state index contributed by atoms with van der Waals surface area (Å²) in [5.41, 5.74) is 2.29. The van der Waals surface area contributed by atoms with Crippen LogP contribution in [0.15, 0.2) is 21.7 Å². The van der Waals surface area contributed by atoms with E-state index in [0.29, 0.717) is 48.3 Å². The van der Waals surface area contributed by atoms with E-state index in [0.717, 1.165) is 30.7 Å². The van der Waals surface area contributed by atoms with Crippen molar-refractivity contribution in [2.24, 2.45) is 0 Å². The van der Waals surface area contributed by atoms with Gasteiger partial charge in [-0.1, -0.05) is 6.07 Å². The smallest absolute Gasteiger partial charge is 0.252 e. The van der Waals surface area contributed by atoms with E-state index < -0.39 is 10.0 Å². The third kappa shape index (κ3) is 5.00. The third-order valence-corrected chi connectivity index (χ3v) is 9.67. The Bertz CT molecular complexity index is 1140. The van der Waals surface area contributed by atoms with Crippen molar-refractivity contribution in [2.75, 3.05) is 44.6 Å². The Morgan fingerprint density at radius 1 is 1.30 bits per heavy atom. The Morgan fingerprint density at radius 2 is 2.06 bits per heavy atom. The number of aromatic nitrogens is 1. The number of thiophene rings is 1. The average molecular weight is 492 g/mol. The molecule has 0 saturated carbocycles. The minimum atomic E-state index is -3.47. The van der Waals surface area contributed by atoms with E-state index in [1.165, 1.54) is 15.6 Å². The molecule has 2 saturated heterocycles. The molecule has 4 heterocycles. The normalized spacial score (nSPS) is 20.1. The van der Waals surface area contributed by atoms with Crippen LogP contribution in [0.2, 0.25) is 0 Å².